The summed E-state index contributed by atoms with van der Waals surface area (Å²) in [6.45, 7) is 4.36. The van der Waals surface area contributed by atoms with Crippen molar-refractivity contribution in [1.82, 2.24) is 10.6 Å². The van der Waals surface area contributed by atoms with E-state index in [1.54, 1.807) is 44.2 Å². The number of hydrogen-bond donors (Lipinski definition) is 3. The van der Waals surface area contributed by atoms with Crippen LogP contribution in [0.2, 0.25) is 0 Å². The van der Waals surface area contributed by atoms with E-state index < -0.39 is 54.6 Å². The third-order valence-electron chi connectivity index (χ3n) is 6.51. The number of carboxylic acids is 1. The summed E-state index contributed by atoms with van der Waals surface area (Å²) in [4.78, 5) is 62.4. The number of amides is 2. The number of fused-ring (bicyclic) bond motifs is 1. The van der Waals surface area contributed by atoms with Crippen molar-refractivity contribution < 1.29 is 38.6 Å². The molecule has 0 aromatic heterocycles. The highest BCUT2D eigenvalue weighted by Crippen LogP contribution is 2.25. The van der Waals surface area contributed by atoms with Crippen molar-refractivity contribution >= 4 is 40.1 Å². The molecule has 3 rings (SSSR count). The van der Waals surface area contributed by atoms with Crippen LogP contribution in [0.5, 0.6) is 11.5 Å². The van der Waals surface area contributed by atoms with Gasteiger partial charge in [-0.3, -0.25) is 24.0 Å². The van der Waals surface area contributed by atoms with Gasteiger partial charge >= 0.3 is 5.97 Å². The third-order valence-corrected chi connectivity index (χ3v) is 6.51. The Balaban J connectivity index is 1.70. The summed E-state index contributed by atoms with van der Waals surface area (Å²) in [6, 6.07) is 15.1. The van der Waals surface area contributed by atoms with E-state index >= 15 is 0 Å². The average Bonchev–Trinajstić information content (AvgIpc) is 2.93. The maximum absolute atomic E-state index is 13.2. The monoisotopic (exact) mass is 562 g/mol. The Morgan fingerprint density at radius 2 is 1.61 bits per heavy atom. The first-order valence-electron chi connectivity index (χ1n) is 13.1. The molecule has 3 aromatic carbocycles. The van der Waals surface area contributed by atoms with Gasteiger partial charge in [-0.1, -0.05) is 50.2 Å². The highest BCUT2D eigenvalue weighted by molar-refractivity contribution is 5.97. The van der Waals surface area contributed by atoms with Gasteiger partial charge in [0.15, 0.2) is 11.6 Å². The fraction of sp³-hybridized carbons (Fsp3) is 0.323. The number of nitrogens with one attached hydrogen (secondary N) is 2. The largest absolute Gasteiger partial charge is 0.496 e. The third kappa shape index (κ3) is 8.38. The molecule has 0 aliphatic heterocycles. The molecule has 0 saturated carbocycles. The summed E-state index contributed by atoms with van der Waals surface area (Å²) in [7, 11) is 1.44. The molecule has 0 aliphatic rings. The second kappa shape index (κ2) is 14.1. The van der Waals surface area contributed by atoms with Gasteiger partial charge in [0.05, 0.1) is 20.0 Å². The molecule has 3 N–H and O–H groups in total. The predicted octanol–water partition coefficient (Wildman–Crippen LogP) is 3.34. The Morgan fingerprint density at radius 3 is 2.27 bits per heavy atom. The molecule has 0 aliphatic carbocycles. The number of carboxylic acid groups (broad SMARTS) is 1. The standard InChI is InChI=1S/C31H34N2O8/c1-18(2)30(33-28(36)15-22-14-21(19(3)34)12-13-26(22)40-4)31(39)32-24(16-29(37)38)25(35)17-41-27-11-7-9-20-8-5-6-10-23(20)27/h5-14,18,24,30H,15-17H2,1-4H3,(H,32,39)(H,33,36)(H,37,38)/t24?,30-/m0/s1. The van der Waals surface area contributed by atoms with Crippen LogP contribution in [0.1, 0.15) is 43.1 Å². The van der Waals surface area contributed by atoms with Crippen molar-refractivity contribution in [1.29, 1.82) is 0 Å². The molecule has 0 radical (unpaired) electrons. The van der Waals surface area contributed by atoms with Crippen molar-refractivity contribution in [3.05, 3.63) is 71.8 Å². The molecule has 2 atom stereocenters. The first-order valence-corrected chi connectivity index (χ1v) is 13.1. The van der Waals surface area contributed by atoms with Gasteiger partial charge < -0.3 is 25.2 Å². The lowest BCUT2D eigenvalue weighted by Crippen LogP contribution is -2.54. The van der Waals surface area contributed by atoms with Gasteiger partial charge in [-0.15, -0.1) is 0 Å². The van der Waals surface area contributed by atoms with E-state index in [2.05, 4.69) is 10.6 Å². The van der Waals surface area contributed by atoms with Crippen LogP contribution in [0.25, 0.3) is 10.8 Å². The van der Waals surface area contributed by atoms with Gasteiger partial charge in [0, 0.05) is 16.5 Å². The zero-order chi connectivity index (χ0) is 30.1. The number of Topliss-reactive ketones (excluding diaryl/α,β-unsaturated/α-hetero) is 2. The minimum absolute atomic E-state index is 0.169. The predicted molar refractivity (Wildman–Crippen MR) is 152 cm³/mol. The summed E-state index contributed by atoms with van der Waals surface area (Å²) in [5, 5.41) is 16.2. The molecule has 10 nitrogen and oxygen atoms in total. The molecule has 0 bridgehead atoms. The van der Waals surface area contributed by atoms with Crippen molar-refractivity contribution in [3.8, 4) is 11.5 Å². The average molecular weight is 563 g/mol. The van der Waals surface area contributed by atoms with Crippen LogP contribution in [-0.2, 0) is 25.6 Å². The van der Waals surface area contributed by atoms with Crippen molar-refractivity contribution in [3.63, 3.8) is 0 Å². The Morgan fingerprint density at radius 1 is 0.902 bits per heavy atom. The van der Waals surface area contributed by atoms with Gasteiger partial charge in [-0.05, 0) is 42.5 Å². The van der Waals surface area contributed by atoms with Crippen LogP contribution in [0.15, 0.2) is 60.7 Å². The van der Waals surface area contributed by atoms with Crippen LogP contribution in [-0.4, -0.2) is 60.3 Å². The van der Waals surface area contributed by atoms with E-state index in [4.69, 9.17) is 9.47 Å². The number of ketones is 2. The van der Waals surface area contributed by atoms with Gasteiger partial charge in [-0.25, -0.2) is 0 Å². The summed E-state index contributed by atoms with van der Waals surface area (Å²) in [6.07, 6.45) is -0.825. The van der Waals surface area contributed by atoms with Crippen molar-refractivity contribution in [2.75, 3.05) is 13.7 Å². The van der Waals surface area contributed by atoms with Crippen molar-refractivity contribution in [2.45, 2.75) is 45.7 Å². The molecule has 0 heterocycles. The second-order valence-electron chi connectivity index (χ2n) is 9.94. The molecule has 2 amide bonds. The Bertz CT molecular complexity index is 1440. The van der Waals surface area contributed by atoms with E-state index in [-0.39, 0.29) is 12.2 Å². The summed E-state index contributed by atoms with van der Waals surface area (Å²) in [5.74, 6) is -2.84. The van der Waals surface area contributed by atoms with E-state index in [0.29, 0.717) is 22.6 Å². The normalized spacial score (nSPS) is 12.3. The maximum Gasteiger partial charge on any atom is 0.305 e. The number of benzene rings is 3. The first kappa shape index (κ1) is 30.8. The molecule has 0 spiro atoms. The molecule has 10 heteroatoms. The zero-order valence-electron chi connectivity index (χ0n) is 23.4. The van der Waals surface area contributed by atoms with E-state index in [0.717, 1.165) is 10.8 Å². The molecule has 41 heavy (non-hydrogen) atoms. The zero-order valence-corrected chi connectivity index (χ0v) is 23.4. The number of carbonyl (C=O) groups excluding carboxylic acids is 4. The lowest BCUT2D eigenvalue weighted by atomic mass is 10.0. The Kier molecular flexibility index (Phi) is 10.6. The smallest absolute Gasteiger partial charge is 0.305 e. The molecule has 0 fully saturated rings. The highest BCUT2D eigenvalue weighted by atomic mass is 16.5. The van der Waals surface area contributed by atoms with Crippen molar-refractivity contribution in [2.24, 2.45) is 5.92 Å². The summed E-state index contributed by atoms with van der Waals surface area (Å²) in [5.41, 5.74) is 0.873. The number of carbonyl (C=O) groups is 5. The van der Waals surface area contributed by atoms with Crippen LogP contribution < -0.4 is 20.1 Å². The SMILES string of the molecule is COc1ccc(C(C)=O)cc1CC(=O)N[C@H](C(=O)NC(CC(=O)O)C(=O)COc1cccc2ccccc12)C(C)C. The lowest BCUT2D eigenvalue weighted by Gasteiger charge is -2.25. The Hall–Kier alpha value is -4.73. The second-order valence-corrected chi connectivity index (χ2v) is 9.94. The molecule has 1 unspecified atom stereocenters. The lowest BCUT2D eigenvalue weighted by molar-refractivity contribution is -0.141. The molecule has 216 valence electrons. The van der Waals surface area contributed by atoms with Crippen LogP contribution in [0.3, 0.4) is 0 Å². The first-order chi connectivity index (χ1) is 19.5. The number of hydrogen-bond acceptors (Lipinski definition) is 7. The fourth-order valence-corrected chi connectivity index (χ4v) is 4.32. The van der Waals surface area contributed by atoms with Gasteiger partial charge in [0.1, 0.15) is 30.2 Å². The molecule has 0 saturated heterocycles. The summed E-state index contributed by atoms with van der Waals surface area (Å²) >= 11 is 0. The quantitative estimate of drug-likeness (QED) is 0.254. The minimum atomic E-state index is -1.37. The minimum Gasteiger partial charge on any atom is -0.496 e. The summed E-state index contributed by atoms with van der Waals surface area (Å²) < 4.78 is 11.0. The number of aliphatic carboxylic acids is 1. The van der Waals surface area contributed by atoms with Gasteiger partial charge in [0.2, 0.25) is 11.8 Å². The van der Waals surface area contributed by atoms with Crippen LogP contribution in [0, 0.1) is 5.92 Å². The van der Waals surface area contributed by atoms with Gasteiger partial charge in [0.25, 0.3) is 0 Å². The van der Waals surface area contributed by atoms with Gasteiger partial charge in [-0.2, -0.15) is 0 Å². The molecule has 3 aromatic rings. The molecular weight excluding hydrogens is 528 g/mol. The van der Waals surface area contributed by atoms with E-state index in [1.165, 1.54) is 14.0 Å². The number of ether oxygens (including phenoxy) is 2. The Labute approximate surface area is 238 Å². The van der Waals surface area contributed by atoms with Crippen LogP contribution in [0.4, 0.5) is 0 Å². The number of methoxy groups -OCH3 is 1. The number of rotatable bonds is 14. The fourth-order valence-electron chi connectivity index (χ4n) is 4.32. The maximum atomic E-state index is 13.2. The topological polar surface area (TPSA) is 148 Å². The molecular formula is C31H34N2O8. The van der Waals surface area contributed by atoms with E-state index in [1.807, 2.05) is 30.3 Å². The highest BCUT2D eigenvalue weighted by Gasteiger charge is 2.30. The van der Waals surface area contributed by atoms with E-state index in [9.17, 15) is 29.1 Å². The van der Waals surface area contributed by atoms with Crippen LogP contribution >= 0.6 is 0 Å².